The van der Waals surface area contributed by atoms with Crippen LogP contribution >= 0.6 is 22.9 Å². The Balaban J connectivity index is 2.16. The van der Waals surface area contributed by atoms with Gasteiger partial charge in [0, 0.05) is 24.9 Å². The summed E-state index contributed by atoms with van der Waals surface area (Å²) in [6, 6.07) is 0. The van der Waals surface area contributed by atoms with E-state index in [4.69, 9.17) is 16.3 Å². The summed E-state index contributed by atoms with van der Waals surface area (Å²) in [4.78, 5) is 6.71. The molecule has 0 spiro atoms. The molecule has 17 heavy (non-hydrogen) atoms. The van der Waals surface area contributed by atoms with Crippen LogP contribution in [0.25, 0.3) is 0 Å². The lowest BCUT2D eigenvalue weighted by molar-refractivity contribution is 0.0640. The smallest absolute Gasteiger partial charge is 0.0941 e. The summed E-state index contributed by atoms with van der Waals surface area (Å²) in [7, 11) is 2.11. The summed E-state index contributed by atoms with van der Waals surface area (Å²) in [6.45, 7) is 6.88. The summed E-state index contributed by atoms with van der Waals surface area (Å²) in [6.07, 6.45) is 1.30. The zero-order valence-corrected chi connectivity index (χ0v) is 12.4. The molecule has 98 valence electrons. The minimum atomic E-state index is 0.314. The monoisotopic (exact) mass is 276 g/mol. The maximum Gasteiger partial charge on any atom is 0.0941 e. The van der Waals surface area contributed by atoms with Crippen LogP contribution in [0.2, 0.25) is 0 Å². The number of hydrogen-bond donors (Lipinski definition) is 0. The Kier molecular flexibility index (Phi) is 7.04. The average molecular weight is 277 g/mol. The van der Waals surface area contributed by atoms with E-state index in [-0.39, 0.29) is 0 Å². The molecule has 1 aromatic heterocycles. The Labute approximate surface area is 113 Å². The van der Waals surface area contributed by atoms with Gasteiger partial charge in [-0.3, -0.25) is 0 Å². The van der Waals surface area contributed by atoms with Gasteiger partial charge in [0.2, 0.25) is 0 Å². The van der Waals surface area contributed by atoms with E-state index in [0.29, 0.717) is 12.0 Å². The summed E-state index contributed by atoms with van der Waals surface area (Å²) in [5.74, 6) is 0.508. The molecule has 0 fully saturated rings. The molecule has 0 radical (unpaired) electrons. The van der Waals surface area contributed by atoms with Crippen LogP contribution in [0.5, 0.6) is 0 Å². The lowest BCUT2D eigenvalue weighted by Crippen LogP contribution is -2.26. The van der Waals surface area contributed by atoms with E-state index >= 15 is 0 Å². The molecule has 1 heterocycles. The molecule has 3 nitrogen and oxygen atoms in total. The number of halogens is 1. The van der Waals surface area contributed by atoms with Gasteiger partial charge in [0.25, 0.3) is 0 Å². The van der Waals surface area contributed by atoms with E-state index in [0.717, 1.165) is 36.8 Å². The molecule has 0 atom stereocenters. The molecule has 1 rings (SSSR count). The van der Waals surface area contributed by atoms with Crippen LogP contribution in [0.3, 0.4) is 0 Å². The first-order valence-corrected chi connectivity index (χ1v) is 7.32. The minimum Gasteiger partial charge on any atom is -0.377 e. The van der Waals surface area contributed by atoms with Gasteiger partial charge in [0.1, 0.15) is 0 Å². The molecule has 0 unspecified atom stereocenters. The van der Waals surface area contributed by atoms with Crippen molar-refractivity contribution in [3.63, 3.8) is 0 Å². The van der Waals surface area contributed by atoms with Crippen LogP contribution in [0.4, 0.5) is 0 Å². The topological polar surface area (TPSA) is 25.4 Å². The van der Waals surface area contributed by atoms with Crippen LogP contribution in [0, 0.1) is 0 Å². The van der Waals surface area contributed by atoms with E-state index in [1.165, 1.54) is 0 Å². The zero-order valence-electron chi connectivity index (χ0n) is 10.8. The molecule has 0 aliphatic heterocycles. The summed E-state index contributed by atoms with van der Waals surface area (Å²) < 4.78 is 5.51. The van der Waals surface area contributed by atoms with Gasteiger partial charge in [-0.2, -0.15) is 0 Å². The summed E-state index contributed by atoms with van der Waals surface area (Å²) >= 11 is 7.41. The van der Waals surface area contributed by atoms with E-state index < -0.39 is 0 Å². The molecule has 0 aliphatic rings. The fourth-order valence-corrected chi connectivity index (χ4v) is 2.38. The highest BCUT2D eigenvalue weighted by atomic mass is 35.5. The summed E-state index contributed by atoms with van der Waals surface area (Å²) in [5.41, 5.74) is 0.984. The molecular formula is C12H21ClN2OS. The minimum absolute atomic E-state index is 0.314. The number of thiazole rings is 1. The largest absolute Gasteiger partial charge is 0.377 e. The predicted octanol–water partition coefficient (Wildman–Crippen LogP) is 2.78. The molecule has 0 N–H and O–H groups in total. The molecule has 0 aliphatic carbocycles. The van der Waals surface area contributed by atoms with Gasteiger partial charge in [-0.15, -0.1) is 22.9 Å². The van der Waals surface area contributed by atoms with Gasteiger partial charge >= 0.3 is 0 Å². The van der Waals surface area contributed by atoms with Crippen molar-refractivity contribution in [2.75, 3.05) is 26.7 Å². The van der Waals surface area contributed by atoms with Crippen molar-refractivity contribution in [2.24, 2.45) is 0 Å². The Bertz CT molecular complexity index is 317. The highest BCUT2D eigenvalue weighted by Gasteiger charge is 2.04. The van der Waals surface area contributed by atoms with Crippen LogP contribution in [-0.4, -0.2) is 42.7 Å². The fourth-order valence-electron chi connectivity index (χ4n) is 1.37. The maximum atomic E-state index is 5.72. The lowest BCUT2D eigenvalue weighted by Gasteiger charge is -2.16. The molecule has 0 saturated heterocycles. The van der Waals surface area contributed by atoms with Crippen molar-refractivity contribution >= 4 is 22.9 Å². The second kappa shape index (κ2) is 8.03. The van der Waals surface area contributed by atoms with Crippen LogP contribution in [-0.2, 0) is 17.0 Å². The molecule has 5 heteroatoms. The van der Waals surface area contributed by atoms with Crippen molar-refractivity contribution in [2.45, 2.75) is 32.3 Å². The van der Waals surface area contributed by atoms with Crippen LogP contribution < -0.4 is 0 Å². The van der Waals surface area contributed by atoms with Gasteiger partial charge in [-0.1, -0.05) is 0 Å². The molecular weight excluding hydrogens is 256 g/mol. The van der Waals surface area contributed by atoms with Gasteiger partial charge in [0.05, 0.1) is 29.3 Å². The number of rotatable bonds is 8. The first-order chi connectivity index (χ1) is 8.11. The number of hydrogen-bond acceptors (Lipinski definition) is 4. The molecule has 1 aromatic rings. The second-order valence-electron chi connectivity index (χ2n) is 4.34. The number of aromatic nitrogens is 1. The number of nitrogens with zero attached hydrogens (tertiary/aromatic N) is 2. The maximum absolute atomic E-state index is 5.72. The first-order valence-electron chi connectivity index (χ1n) is 5.91. The Morgan fingerprint density at radius 1 is 1.47 bits per heavy atom. The molecule has 0 aromatic carbocycles. The van der Waals surface area contributed by atoms with E-state index in [1.54, 1.807) is 11.3 Å². The zero-order chi connectivity index (χ0) is 12.7. The first kappa shape index (κ1) is 14.9. The Hall–Kier alpha value is -0.160. The number of ether oxygens (including phenoxy) is 1. The van der Waals surface area contributed by atoms with E-state index in [9.17, 15) is 0 Å². The van der Waals surface area contributed by atoms with Gasteiger partial charge in [0.15, 0.2) is 0 Å². The normalized spacial score (nSPS) is 11.6. The van der Waals surface area contributed by atoms with Crippen molar-refractivity contribution in [1.82, 2.24) is 9.88 Å². The van der Waals surface area contributed by atoms with Crippen molar-refractivity contribution in [1.29, 1.82) is 0 Å². The SMILES string of the molecule is CC(C)OCCN(C)CCc1nc(CCl)cs1. The van der Waals surface area contributed by atoms with Crippen molar-refractivity contribution in [3.8, 4) is 0 Å². The van der Waals surface area contributed by atoms with Crippen molar-refractivity contribution in [3.05, 3.63) is 16.1 Å². The summed E-state index contributed by atoms with van der Waals surface area (Å²) in [5, 5.41) is 3.20. The lowest BCUT2D eigenvalue weighted by atomic mass is 10.4. The van der Waals surface area contributed by atoms with Gasteiger partial charge in [-0.05, 0) is 20.9 Å². The fraction of sp³-hybridized carbons (Fsp3) is 0.750. The quantitative estimate of drug-likeness (QED) is 0.683. The standard InChI is InChI=1S/C12H21ClN2OS/c1-10(2)16-7-6-15(3)5-4-12-14-11(8-13)9-17-12/h9-10H,4-8H2,1-3H3. The van der Waals surface area contributed by atoms with Crippen LogP contribution in [0.1, 0.15) is 24.5 Å². The molecule has 0 amide bonds. The van der Waals surface area contributed by atoms with Gasteiger partial charge < -0.3 is 9.64 Å². The highest BCUT2D eigenvalue weighted by molar-refractivity contribution is 7.09. The Morgan fingerprint density at radius 2 is 2.24 bits per heavy atom. The average Bonchev–Trinajstić information content (AvgIpc) is 2.73. The number of alkyl halides is 1. The third-order valence-electron chi connectivity index (χ3n) is 2.37. The second-order valence-corrected chi connectivity index (χ2v) is 5.55. The van der Waals surface area contributed by atoms with E-state index in [2.05, 4.69) is 30.8 Å². The highest BCUT2D eigenvalue weighted by Crippen LogP contribution is 2.12. The van der Waals surface area contributed by atoms with Crippen molar-refractivity contribution < 1.29 is 4.74 Å². The predicted molar refractivity (Wildman–Crippen MR) is 74.0 cm³/mol. The molecule has 0 bridgehead atoms. The third-order valence-corrected chi connectivity index (χ3v) is 3.60. The molecule has 0 saturated carbocycles. The van der Waals surface area contributed by atoms with Gasteiger partial charge in [-0.25, -0.2) is 4.98 Å². The van der Waals surface area contributed by atoms with E-state index in [1.807, 2.05) is 5.38 Å². The number of likely N-dealkylation sites (N-methyl/N-ethyl adjacent to an activating group) is 1. The van der Waals surface area contributed by atoms with Crippen LogP contribution in [0.15, 0.2) is 5.38 Å². The Morgan fingerprint density at radius 3 is 2.82 bits per heavy atom. The third kappa shape index (κ3) is 6.36.